The van der Waals surface area contributed by atoms with Crippen LogP contribution < -0.4 is 5.56 Å². The van der Waals surface area contributed by atoms with Gasteiger partial charge in [0.05, 0.1) is 22.3 Å². The number of hydrogen-bond acceptors (Lipinski definition) is 6. The smallest absolute Gasteiger partial charge is 0.343 e. The zero-order valence-corrected chi connectivity index (χ0v) is 17.5. The molecule has 7 nitrogen and oxygen atoms in total. The average molecular weight is 434 g/mol. The molecule has 0 unspecified atom stereocenters. The van der Waals surface area contributed by atoms with Crippen molar-refractivity contribution in [1.29, 1.82) is 0 Å². The van der Waals surface area contributed by atoms with E-state index in [2.05, 4.69) is 4.98 Å². The van der Waals surface area contributed by atoms with Gasteiger partial charge in [0.1, 0.15) is 18.1 Å². The standard InChI is InChI=1S/C24H19FN2O5/c1-3-24(31)14-7-17-20-19(22(29)27(17)21(28)13(14)9-32-23(24)30)12-6-4-5-11-10(2)15(25)8-16(26-20)18(11)12/h7-8,31H,3-6,9H2,1-2H3/t24-/m0/s1. The van der Waals surface area contributed by atoms with Crippen LogP contribution in [0.4, 0.5) is 4.39 Å². The SMILES string of the molecule is CC[C@@]1(O)C(=O)OCc2c1cc1n(c2=O)C(=O)c2c-1nc1cc(F)c(C)c3c1c2CCC3. The third-order valence-corrected chi connectivity index (χ3v) is 7.17. The summed E-state index contributed by atoms with van der Waals surface area (Å²) in [6, 6.07) is 2.86. The van der Waals surface area contributed by atoms with Crippen molar-refractivity contribution in [3.63, 3.8) is 0 Å². The van der Waals surface area contributed by atoms with E-state index in [1.165, 1.54) is 12.1 Å². The van der Waals surface area contributed by atoms with Crippen molar-refractivity contribution in [2.45, 2.75) is 51.7 Å². The number of cyclic esters (lactones) is 1. The summed E-state index contributed by atoms with van der Waals surface area (Å²) in [7, 11) is 0. The van der Waals surface area contributed by atoms with Gasteiger partial charge in [-0.3, -0.25) is 9.59 Å². The molecule has 0 bridgehead atoms. The lowest BCUT2D eigenvalue weighted by Gasteiger charge is -2.31. The number of hydrogen-bond donors (Lipinski definition) is 1. The molecule has 0 fully saturated rings. The van der Waals surface area contributed by atoms with E-state index in [0.717, 1.165) is 27.5 Å². The van der Waals surface area contributed by atoms with E-state index in [1.807, 2.05) is 0 Å². The molecule has 2 aliphatic heterocycles. The van der Waals surface area contributed by atoms with Crippen LogP contribution in [0.25, 0.3) is 22.3 Å². The number of aliphatic hydroxyl groups is 1. The molecule has 0 amide bonds. The molecule has 0 saturated heterocycles. The van der Waals surface area contributed by atoms with E-state index in [0.29, 0.717) is 29.5 Å². The molecule has 3 aromatic rings. The topological polar surface area (TPSA) is 98.5 Å². The second kappa shape index (κ2) is 6.10. The van der Waals surface area contributed by atoms with E-state index < -0.39 is 23.0 Å². The molecule has 0 radical (unpaired) electrons. The van der Waals surface area contributed by atoms with E-state index in [-0.39, 0.29) is 41.4 Å². The molecular weight excluding hydrogens is 415 g/mol. The summed E-state index contributed by atoms with van der Waals surface area (Å²) in [6.45, 7) is 3.03. The zero-order valence-electron chi connectivity index (χ0n) is 17.5. The predicted octanol–water partition coefficient (Wildman–Crippen LogP) is 2.66. The van der Waals surface area contributed by atoms with Gasteiger partial charge in [0.25, 0.3) is 11.5 Å². The van der Waals surface area contributed by atoms with Crippen LogP contribution >= 0.6 is 0 Å². The monoisotopic (exact) mass is 434 g/mol. The quantitative estimate of drug-likeness (QED) is 0.463. The first kappa shape index (κ1) is 19.3. The highest BCUT2D eigenvalue weighted by Crippen LogP contribution is 2.43. The summed E-state index contributed by atoms with van der Waals surface area (Å²) in [5.41, 5.74) is 1.07. The van der Waals surface area contributed by atoms with Gasteiger partial charge in [0, 0.05) is 17.0 Å². The first-order valence-electron chi connectivity index (χ1n) is 10.7. The van der Waals surface area contributed by atoms with Crippen molar-refractivity contribution < 1.29 is 23.8 Å². The van der Waals surface area contributed by atoms with Crippen LogP contribution in [-0.4, -0.2) is 26.5 Å². The summed E-state index contributed by atoms with van der Waals surface area (Å²) < 4.78 is 20.7. The van der Waals surface area contributed by atoms with Gasteiger partial charge < -0.3 is 9.84 Å². The molecule has 32 heavy (non-hydrogen) atoms. The van der Waals surface area contributed by atoms with Gasteiger partial charge in [-0.05, 0) is 55.4 Å². The van der Waals surface area contributed by atoms with E-state index >= 15 is 0 Å². The Labute approximate surface area is 181 Å². The molecule has 4 heterocycles. The maximum atomic E-state index is 14.6. The predicted molar refractivity (Wildman–Crippen MR) is 112 cm³/mol. The van der Waals surface area contributed by atoms with Crippen LogP contribution in [0.1, 0.15) is 57.9 Å². The number of aryl methyl sites for hydroxylation is 2. The van der Waals surface area contributed by atoms with E-state index in [9.17, 15) is 23.9 Å². The van der Waals surface area contributed by atoms with Gasteiger partial charge >= 0.3 is 5.97 Å². The normalized spacial score (nSPS) is 20.8. The maximum absolute atomic E-state index is 14.6. The number of ether oxygens (including phenoxy) is 1. The summed E-state index contributed by atoms with van der Waals surface area (Å²) in [5.74, 6) is -1.67. The molecule has 1 aromatic carbocycles. The first-order chi connectivity index (χ1) is 15.3. The van der Waals surface area contributed by atoms with Gasteiger partial charge in [0.2, 0.25) is 0 Å². The van der Waals surface area contributed by atoms with Crippen molar-refractivity contribution in [3.05, 3.63) is 61.7 Å². The molecule has 162 valence electrons. The van der Waals surface area contributed by atoms with Gasteiger partial charge in [-0.25, -0.2) is 18.7 Å². The Morgan fingerprint density at radius 2 is 1.94 bits per heavy atom. The Kier molecular flexibility index (Phi) is 3.68. The van der Waals surface area contributed by atoms with Crippen molar-refractivity contribution in [2.24, 2.45) is 0 Å². The number of carbonyl (C=O) groups is 2. The van der Waals surface area contributed by atoms with Gasteiger partial charge in [-0.15, -0.1) is 0 Å². The number of esters is 1. The molecule has 1 aliphatic carbocycles. The first-order valence-corrected chi connectivity index (χ1v) is 10.7. The van der Waals surface area contributed by atoms with Crippen molar-refractivity contribution >= 4 is 22.8 Å². The van der Waals surface area contributed by atoms with E-state index in [4.69, 9.17) is 4.74 Å². The fourth-order valence-corrected chi connectivity index (χ4v) is 5.42. The summed E-state index contributed by atoms with van der Waals surface area (Å²) in [6.07, 6.45) is 2.09. The number of rotatable bonds is 1. The molecule has 1 N–H and O–H groups in total. The van der Waals surface area contributed by atoms with Crippen molar-refractivity contribution in [2.75, 3.05) is 0 Å². The summed E-state index contributed by atoms with van der Waals surface area (Å²) in [4.78, 5) is 43.7. The molecular formula is C24H19FN2O5. The van der Waals surface area contributed by atoms with E-state index in [1.54, 1.807) is 13.8 Å². The summed E-state index contributed by atoms with van der Waals surface area (Å²) >= 11 is 0. The third kappa shape index (κ3) is 2.13. The zero-order chi connectivity index (χ0) is 22.5. The molecule has 3 aliphatic rings. The number of carbonyl (C=O) groups excluding carboxylic acids is 2. The Morgan fingerprint density at radius 3 is 2.69 bits per heavy atom. The molecule has 6 rings (SSSR count). The Bertz CT molecular complexity index is 1490. The number of nitrogens with zero attached hydrogens (tertiary/aromatic N) is 2. The average Bonchev–Trinajstić information content (AvgIpc) is 3.07. The van der Waals surface area contributed by atoms with Crippen molar-refractivity contribution in [3.8, 4) is 11.4 Å². The minimum atomic E-state index is -1.98. The number of halogens is 1. The molecule has 0 saturated carbocycles. The maximum Gasteiger partial charge on any atom is 0.343 e. The Balaban J connectivity index is 1.73. The van der Waals surface area contributed by atoms with Crippen LogP contribution in [0, 0.1) is 12.7 Å². The third-order valence-electron chi connectivity index (χ3n) is 7.17. The lowest BCUT2D eigenvalue weighted by molar-refractivity contribution is -0.172. The fourth-order valence-electron chi connectivity index (χ4n) is 5.42. The van der Waals surface area contributed by atoms with Crippen LogP contribution in [0.2, 0.25) is 0 Å². The van der Waals surface area contributed by atoms with Crippen LogP contribution in [0.3, 0.4) is 0 Å². The number of aromatic nitrogens is 2. The lowest BCUT2D eigenvalue weighted by Crippen LogP contribution is -2.44. The van der Waals surface area contributed by atoms with Crippen LogP contribution in [0.15, 0.2) is 16.9 Å². The molecule has 1 atom stereocenters. The highest BCUT2D eigenvalue weighted by atomic mass is 19.1. The number of fused-ring (bicyclic) bond motifs is 5. The van der Waals surface area contributed by atoms with Gasteiger partial charge in [-0.2, -0.15) is 0 Å². The second-order valence-corrected chi connectivity index (χ2v) is 8.68. The lowest BCUT2D eigenvalue weighted by atomic mass is 9.84. The van der Waals surface area contributed by atoms with Crippen LogP contribution in [0.5, 0.6) is 0 Å². The largest absolute Gasteiger partial charge is 0.458 e. The van der Waals surface area contributed by atoms with Gasteiger partial charge in [-0.1, -0.05) is 6.92 Å². The fraction of sp³-hybridized carbons (Fsp3) is 0.333. The van der Waals surface area contributed by atoms with Crippen LogP contribution in [-0.2, 0) is 34.6 Å². The highest BCUT2D eigenvalue weighted by Gasteiger charge is 2.46. The minimum absolute atomic E-state index is 0.00672. The number of benzene rings is 1. The Morgan fingerprint density at radius 1 is 1.19 bits per heavy atom. The molecule has 8 heteroatoms. The minimum Gasteiger partial charge on any atom is -0.458 e. The molecule has 0 spiro atoms. The summed E-state index contributed by atoms with van der Waals surface area (Å²) in [5, 5.41) is 11.8. The highest BCUT2D eigenvalue weighted by molar-refractivity contribution is 6.12. The second-order valence-electron chi connectivity index (χ2n) is 8.68. The Hall–Kier alpha value is -3.39. The van der Waals surface area contributed by atoms with Gasteiger partial charge in [0.15, 0.2) is 5.60 Å². The number of pyridine rings is 2. The van der Waals surface area contributed by atoms with Crippen molar-refractivity contribution in [1.82, 2.24) is 9.55 Å². The molecule has 2 aromatic heterocycles.